The number of hydrogen-bond acceptors (Lipinski definition) is 4. The third kappa shape index (κ3) is 3.24. The number of halogens is 4. The van der Waals surface area contributed by atoms with Crippen LogP contribution in [-0.4, -0.2) is 16.1 Å². The number of carbonyl (C=O) groups excluding carboxylic acids is 1. The van der Waals surface area contributed by atoms with Gasteiger partial charge in [-0.1, -0.05) is 12.1 Å². The Morgan fingerprint density at radius 2 is 1.64 bits per heavy atom. The Morgan fingerprint density at radius 3 is 2.36 bits per heavy atom. The number of fused-ring (bicyclic) bond motifs is 1. The van der Waals surface area contributed by atoms with Gasteiger partial charge in [0.1, 0.15) is 5.69 Å². The van der Waals surface area contributed by atoms with Gasteiger partial charge in [0.05, 0.1) is 11.2 Å². The highest BCUT2D eigenvalue weighted by atomic mass is 19.2. The average Bonchev–Trinajstić information content (AvgIpc) is 2.75. The maximum Gasteiger partial charge on any atom is 0.323 e. The molecule has 3 aromatic rings. The Hall–Kier alpha value is -3.89. The van der Waals surface area contributed by atoms with E-state index in [1.807, 2.05) is 5.32 Å². The van der Waals surface area contributed by atoms with Crippen molar-refractivity contribution in [2.24, 2.45) is 0 Å². The molecule has 0 bridgehead atoms. The van der Waals surface area contributed by atoms with Gasteiger partial charge in [0, 0.05) is 11.5 Å². The van der Waals surface area contributed by atoms with Crippen LogP contribution in [0.2, 0.25) is 0 Å². The number of carbonyl (C=O) groups is 1. The molecule has 0 saturated carbocycles. The second-order valence-corrected chi connectivity index (χ2v) is 5.48. The van der Waals surface area contributed by atoms with Crippen molar-refractivity contribution in [3.05, 3.63) is 74.2 Å². The van der Waals surface area contributed by atoms with Gasteiger partial charge in [-0.3, -0.25) is 9.59 Å². The van der Waals surface area contributed by atoms with Crippen LogP contribution in [0.4, 0.5) is 33.7 Å². The van der Waals surface area contributed by atoms with Gasteiger partial charge in [-0.25, -0.2) is 22.4 Å². The first-order chi connectivity index (χ1) is 13.2. The van der Waals surface area contributed by atoms with Crippen LogP contribution in [0.25, 0.3) is 10.9 Å². The van der Waals surface area contributed by atoms with Crippen LogP contribution in [0.1, 0.15) is 0 Å². The van der Waals surface area contributed by atoms with E-state index < -0.39 is 57.4 Å². The average molecular weight is 395 g/mol. The summed E-state index contributed by atoms with van der Waals surface area (Å²) in [4.78, 5) is 38.2. The summed E-state index contributed by atoms with van der Waals surface area (Å²) in [6, 6.07) is 4.48. The number of anilines is 2. The number of H-pyrrole nitrogens is 1. The second-order valence-electron chi connectivity index (χ2n) is 5.48. The molecule has 1 aromatic heterocycles. The van der Waals surface area contributed by atoms with Crippen molar-refractivity contribution < 1.29 is 27.5 Å². The van der Waals surface area contributed by atoms with Gasteiger partial charge in [0.25, 0.3) is 11.0 Å². The highest BCUT2D eigenvalue weighted by Crippen LogP contribution is 2.27. The number of hydrogen-bond donors (Lipinski definition) is 4. The summed E-state index contributed by atoms with van der Waals surface area (Å²) < 4.78 is 53.1. The van der Waals surface area contributed by atoms with Gasteiger partial charge in [-0.15, -0.1) is 0 Å². The summed E-state index contributed by atoms with van der Waals surface area (Å²) in [5.74, 6) is -8.66. The van der Waals surface area contributed by atoms with Crippen LogP contribution in [0.15, 0.2) is 39.9 Å². The molecule has 2 amide bonds. The lowest BCUT2D eigenvalue weighted by molar-refractivity contribution is 0.262. The number of urea groups is 1. The number of amides is 2. The lowest BCUT2D eigenvalue weighted by Crippen LogP contribution is -2.30. The molecule has 28 heavy (non-hydrogen) atoms. The maximum atomic E-state index is 13.6. The minimum absolute atomic E-state index is 0.00190. The molecule has 0 unspecified atom stereocenters. The van der Waals surface area contributed by atoms with Crippen LogP contribution in [0, 0.1) is 23.3 Å². The summed E-state index contributed by atoms with van der Waals surface area (Å²) in [7, 11) is 0. The molecule has 144 valence electrons. The van der Waals surface area contributed by atoms with E-state index in [4.69, 9.17) is 0 Å². The van der Waals surface area contributed by atoms with E-state index in [2.05, 4.69) is 4.98 Å². The molecule has 0 aliphatic carbocycles. The third-order valence-corrected chi connectivity index (χ3v) is 3.69. The second kappa shape index (κ2) is 7.02. The van der Waals surface area contributed by atoms with Crippen molar-refractivity contribution in [1.82, 2.24) is 4.98 Å². The minimum Gasteiger partial charge on any atom is -0.505 e. The fourth-order valence-corrected chi connectivity index (χ4v) is 2.38. The van der Waals surface area contributed by atoms with E-state index in [9.17, 15) is 37.1 Å². The molecule has 0 spiro atoms. The Morgan fingerprint density at radius 1 is 0.964 bits per heavy atom. The molecular weight excluding hydrogens is 386 g/mol. The molecule has 0 fully saturated rings. The van der Waals surface area contributed by atoms with Crippen LogP contribution < -0.4 is 21.6 Å². The standard InChI is InChI=1S/C17H9F4N3O4/c18-7-5-9(11(20)12(21)10(7)19)23-17(28)24-13-14(25)6-3-1-2-4-8(6)22-16(27)15(13)26/h1-5H,(H4,22,23,24,25,26,27,28). The third-order valence-electron chi connectivity index (χ3n) is 3.69. The van der Waals surface area contributed by atoms with Crippen molar-refractivity contribution in [3.63, 3.8) is 0 Å². The predicted molar refractivity (Wildman–Crippen MR) is 91.4 cm³/mol. The van der Waals surface area contributed by atoms with Gasteiger partial charge in [0.2, 0.25) is 0 Å². The number of aromatic hydroxyl groups is 1. The zero-order valence-corrected chi connectivity index (χ0v) is 13.6. The van der Waals surface area contributed by atoms with Crippen LogP contribution in [0.3, 0.4) is 0 Å². The fraction of sp³-hybridized carbons (Fsp3) is 0. The van der Waals surface area contributed by atoms with E-state index in [1.54, 1.807) is 5.32 Å². The minimum atomic E-state index is -2.16. The summed E-state index contributed by atoms with van der Waals surface area (Å²) in [5, 5.41) is 13.8. The first-order valence-corrected chi connectivity index (χ1v) is 7.50. The lowest BCUT2D eigenvalue weighted by Gasteiger charge is -2.09. The maximum absolute atomic E-state index is 13.6. The molecule has 0 atom stereocenters. The number of nitrogens with one attached hydrogen (secondary N) is 3. The molecule has 11 heteroatoms. The Labute approximate surface area is 152 Å². The zero-order valence-electron chi connectivity index (χ0n) is 13.6. The van der Waals surface area contributed by atoms with E-state index >= 15 is 0 Å². The summed E-state index contributed by atoms with van der Waals surface area (Å²) in [5.41, 5.74) is -4.36. The van der Waals surface area contributed by atoms with Crippen molar-refractivity contribution in [2.75, 3.05) is 10.6 Å². The van der Waals surface area contributed by atoms with Crippen molar-refractivity contribution >= 4 is 28.3 Å². The highest BCUT2D eigenvalue weighted by molar-refractivity contribution is 6.02. The molecule has 0 aliphatic rings. The SMILES string of the molecule is O=C(Nc1cc(F)c(F)c(F)c1F)Nc1c(O)c2ccccc2[nH]c(=O)c1=O. The summed E-state index contributed by atoms with van der Waals surface area (Å²) in [6.07, 6.45) is 0. The van der Waals surface area contributed by atoms with Crippen molar-refractivity contribution in [2.45, 2.75) is 0 Å². The van der Waals surface area contributed by atoms with Crippen LogP contribution in [-0.2, 0) is 0 Å². The highest BCUT2D eigenvalue weighted by Gasteiger charge is 2.21. The Balaban J connectivity index is 2.04. The molecule has 3 rings (SSSR count). The van der Waals surface area contributed by atoms with Gasteiger partial charge in [-0.2, -0.15) is 0 Å². The number of aromatic amines is 1. The number of benzene rings is 2. The van der Waals surface area contributed by atoms with E-state index in [-0.39, 0.29) is 17.0 Å². The first-order valence-electron chi connectivity index (χ1n) is 7.50. The first kappa shape index (κ1) is 18.9. The van der Waals surface area contributed by atoms with Crippen molar-refractivity contribution in [3.8, 4) is 5.75 Å². The molecule has 1 heterocycles. The summed E-state index contributed by atoms with van der Waals surface area (Å²) >= 11 is 0. The monoisotopic (exact) mass is 395 g/mol. The smallest absolute Gasteiger partial charge is 0.323 e. The Kier molecular flexibility index (Phi) is 4.74. The molecule has 0 saturated heterocycles. The number of aromatic nitrogens is 1. The van der Waals surface area contributed by atoms with Crippen LogP contribution >= 0.6 is 0 Å². The van der Waals surface area contributed by atoms with E-state index in [1.165, 1.54) is 24.3 Å². The zero-order chi connectivity index (χ0) is 20.6. The number of para-hydroxylation sites is 1. The summed E-state index contributed by atoms with van der Waals surface area (Å²) in [6.45, 7) is 0. The molecule has 2 aromatic carbocycles. The topological polar surface area (TPSA) is 111 Å². The normalized spacial score (nSPS) is 10.7. The number of rotatable bonds is 2. The Bertz CT molecular complexity index is 1240. The predicted octanol–water partition coefficient (Wildman–Crippen LogP) is 2.79. The van der Waals surface area contributed by atoms with Gasteiger partial charge in [-0.05, 0) is 12.1 Å². The van der Waals surface area contributed by atoms with Gasteiger partial charge >= 0.3 is 6.03 Å². The molecule has 7 nitrogen and oxygen atoms in total. The molecule has 0 radical (unpaired) electrons. The molecular formula is C17H9F4N3O4. The molecule has 0 aliphatic heterocycles. The van der Waals surface area contributed by atoms with Crippen molar-refractivity contribution in [1.29, 1.82) is 0 Å². The van der Waals surface area contributed by atoms with E-state index in [0.717, 1.165) is 0 Å². The lowest BCUT2D eigenvalue weighted by atomic mass is 10.2. The van der Waals surface area contributed by atoms with E-state index in [0.29, 0.717) is 0 Å². The fourth-order valence-electron chi connectivity index (χ4n) is 2.38. The van der Waals surface area contributed by atoms with Gasteiger partial charge in [0.15, 0.2) is 29.0 Å². The van der Waals surface area contributed by atoms with Gasteiger partial charge < -0.3 is 20.7 Å². The van der Waals surface area contributed by atoms with Crippen LogP contribution in [0.5, 0.6) is 5.75 Å². The largest absolute Gasteiger partial charge is 0.505 e. The molecule has 4 N–H and O–H groups in total. The quantitative estimate of drug-likeness (QED) is 0.231.